The zero-order valence-corrected chi connectivity index (χ0v) is 13.1. The van der Waals surface area contributed by atoms with Gasteiger partial charge in [0.2, 0.25) is 0 Å². The molecule has 1 saturated carbocycles. The molecule has 2 nitrogen and oxygen atoms in total. The van der Waals surface area contributed by atoms with E-state index in [9.17, 15) is 4.79 Å². The van der Waals surface area contributed by atoms with E-state index in [4.69, 9.17) is 0 Å². The lowest BCUT2D eigenvalue weighted by molar-refractivity contribution is 0.0927. The third-order valence-electron chi connectivity index (χ3n) is 4.77. The fourth-order valence-electron chi connectivity index (χ4n) is 3.42. The van der Waals surface area contributed by atoms with E-state index in [0.29, 0.717) is 12.5 Å². The topological polar surface area (TPSA) is 20.3 Å². The lowest BCUT2D eigenvalue weighted by Gasteiger charge is -2.36. The Morgan fingerprint density at radius 2 is 1.95 bits per heavy atom. The van der Waals surface area contributed by atoms with Crippen LogP contribution in [-0.4, -0.2) is 30.3 Å². The summed E-state index contributed by atoms with van der Waals surface area (Å²) in [6, 6.07) is 8.56. The van der Waals surface area contributed by atoms with E-state index < -0.39 is 0 Å². The predicted molar refractivity (Wildman–Crippen MR) is 84.2 cm³/mol. The summed E-state index contributed by atoms with van der Waals surface area (Å²) in [5.74, 6) is 1.04. The minimum Gasteiger partial charge on any atom is -0.303 e. The summed E-state index contributed by atoms with van der Waals surface area (Å²) in [5.41, 5.74) is 1.98. The molecule has 0 bridgehead atoms. The summed E-state index contributed by atoms with van der Waals surface area (Å²) < 4.78 is 0. The zero-order valence-electron chi connectivity index (χ0n) is 13.1. The maximum Gasteiger partial charge on any atom is 0.164 e. The lowest BCUT2D eigenvalue weighted by Crippen LogP contribution is -2.39. The summed E-state index contributed by atoms with van der Waals surface area (Å²) >= 11 is 0. The number of hydrogen-bond donors (Lipinski definition) is 0. The van der Waals surface area contributed by atoms with Gasteiger partial charge in [0, 0.05) is 24.6 Å². The molecule has 1 aromatic rings. The van der Waals surface area contributed by atoms with Gasteiger partial charge >= 0.3 is 0 Å². The van der Waals surface area contributed by atoms with Crippen molar-refractivity contribution < 1.29 is 4.79 Å². The number of carbonyl (C=O) groups excluding carboxylic acids is 1. The molecule has 0 N–H and O–H groups in total. The fourth-order valence-corrected chi connectivity index (χ4v) is 3.42. The van der Waals surface area contributed by atoms with Crippen molar-refractivity contribution in [1.29, 1.82) is 0 Å². The fraction of sp³-hybridized carbons (Fsp3) is 0.611. The highest BCUT2D eigenvalue weighted by molar-refractivity contribution is 5.97. The van der Waals surface area contributed by atoms with Crippen LogP contribution >= 0.6 is 0 Å². The second kappa shape index (κ2) is 7.03. The van der Waals surface area contributed by atoms with Crippen LogP contribution in [0.25, 0.3) is 0 Å². The first kappa shape index (κ1) is 15.2. The Kier molecular flexibility index (Phi) is 5.36. The van der Waals surface area contributed by atoms with E-state index in [2.05, 4.69) is 18.9 Å². The van der Waals surface area contributed by atoms with E-state index >= 15 is 0 Å². The maximum atomic E-state index is 12.3. The van der Waals surface area contributed by atoms with Gasteiger partial charge in [0.25, 0.3) is 0 Å². The largest absolute Gasteiger partial charge is 0.303 e. The van der Waals surface area contributed by atoms with Crippen LogP contribution in [0.5, 0.6) is 0 Å². The Morgan fingerprint density at radius 3 is 2.65 bits per heavy atom. The molecule has 1 aromatic carbocycles. The van der Waals surface area contributed by atoms with Gasteiger partial charge in [-0.25, -0.2) is 0 Å². The lowest BCUT2D eigenvalue weighted by atomic mass is 9.85. The van der Waals surface area contributed by atoms with Crippen molar-refractivity contribution in [3.63, 3.8) is 0 Å². The van der Waals surface area contributed by atoms with Crippen LogP contribution < -0.4 is 0 Å². The van der Waals surface area contributed by atoms with Crippen molar-refractivity contribution in [1.82, 2.24) is 4.90 Å². The van der Waals surface area contributed by atoms with E-state index in [0.717, 1.165) is 23.6 Å². The molecule has 0 radical (unpaired) electrons. The van der Waals surface area contributed by atoms with Crippen LogP contribution in [0.4, 0.5) is 0 Å². The van der Waals surface area contributed by atoms with Gasteiger partial charge in [-0.15, -0.1) is 0 Å². The number of Topliss-reactive ketones (excluding diaryl/α,β-unsaturated/α-hetero) is 1. The van der Waals surface area contributed by atoms with Gasteiger partial charge in [-0.2, -0.15) is 0 Å². The summed E-state index contributed by atoms with van der Waals surface area (Å²) in [5, 5.41) is 0. The van der Waals surface area contributed by atoms with Gasteiger partial charge in [0.15, 0.2) is 5.78 Å². The van der Waals surface area contributed by atoms with Gasteiger partial charge in [-0.3, -0.25) is 4.79 Å². The second-order valence-electron chi connectivity index (χ2n) is 6.30. The number of rotatable bonds is 5. The SMILES string of the molecule is Cc1ccccc1C(=O)CCN(C)C1CCCCC1C. The van der Waals surface area contributed by atoms with E-state index in [-0.39, 0.29) is 5.78 Å². The zero-order chi connectivity index (χ0) is 14.5. The highest BCUT2D eigenvalue weighted by atomic mass is 16.1. The molecule has 20 heavy (non-hydrogen) atoms. The van der Waals surface area contributed by atoms with E-state index in [1.165, 1.54) is 25.7 Å². The molecule has 0 spiro atoms. The van der Waals surface area contributed by atoms with Gasteiger partial charge in [0.1, 0.15) is 0 Å². The Hall–Kier alpha value is -1.15. The summed E-state index contributed by atoms with van der Waals surface area (Å²) in [6.45, 7) is 5.24. The molecule has 1 aliphatic carbocycles. The minimum atomic E-state index is 0.276. The molecule has 1 aliphatic rings. The molecule has 0 amide bonds. The Labute approximate surface area is 123 Å². The Bertz CT molecular complexity index is 454. The highest BCUT2D eigenvalue weighted by Crippen LogP contribution is 2.27. The van der Waals surface area contributed by atoms with Crippen molar-refractivity contribution in [3.8, 4) is 0 Å². The van der Waals surface area contributed by atoms with E-state index in [1.807, 2.05) is 31.2 Å². The van der Waals surface area contributed by atoms with Crippen LogP contribution in [0.3, 0.4) is 0 Å². The third-order valence-corrected chi connectivity index (χ3v) is 4.77. The number of carbonyl (C=O) groups is 1. The first-order chi connectivity index (χ1) is 9.59. The van der Waals surface area contributed by atoms with Crippen LogP contribution in [0, 0.1) is 12.8 Å². The number of benzene rings is 1. The van der Waals surface area contributed by atoms with Crippen LogP contribution in [0.1, 0.15) is 54.9 Å². The molecular formula is C18H27NO. The molecule has 2 rings (SSSR count). The molecule has 2 heteroatoms. The average molecular weight is 273 g/mol. The molecule has 0 aliphatic heterocycles. The first-order valence-electron chi connectivity index (χ1n) is 7.88. The average Bonchev–Trinajstić information content (AvgIpc) is 2.45. The van der Waals surface area contributed by atoms with Crippen molar-refractivity contribution >= 4 is 5.78 Å². The van der Waals surface area contributed by atoms with Crippen molar-refractivity contribution in [3.05, 3.63) is 35.4 Å². The quantitative estimate of drug-likeness (QED) is 0.753. The summed E-state index contributed by atoms with van der Waals surface area (Å²) in [7, 11) is 2.18. The van der Waals surface area contributed by atoms with Gasteiger partial charge in [-0.1, -0.05) is 44.0 Å². The van der Waals surface area contributed by atoms with E-state index in [1.54, 1.807) is 0 Å². The smallest absolute Gasteiger partial charge is 0.164 e. The Balaban J connectivity index is 1.88. The number of aryl methyl sites for hydroxylation is 1. The molecule has 2 atom stereocenters. The number of ketones is 1. The molecular weight excluding hydrogens is 246 g/mol. The van der Waals surface area contributed by atoms with Gasteiger partial charge < -0.3 is 4.90 Å². The Morgan fingerprint density at radius 1 is 1.25 bits per heavy atom. The summed E-state index contributed by atoms with van der Waals surface area (Å²) in [6.07, 6.45) is 5.96. The van der Waals surface area contributed by atoms with Crippen molar-refractivity contribution in [2.75, 3.05) is 13.6 Å². The number of nitrogens with zero attached hydrogens (tertiary/aromatic N) is 1. The second-order valence-corrected chi connectivity index (χ2v) is 6.30. The van der Waals surface area contributed by atoms with Gasteiger partial charge in [-0.05, 0) is 38.3 Å². The van der Waals surface area contributed by atoms with Crippen LogP contribution in [0.2, 0.25) is 0 Å². The van der Waals surface area contributed by atoms with Gasteiger partial charge in [0.05, 0.1) is 0 Å². The monoisotopic (exact) mass is 273 g/mol. The molecule has 0 saturated heterocycles. The normalized spacial score (nSPS) is 23.0. The van der Waals surface area contributed by atoms with Crippen LogP contribution in [-0.2, 0) is 0 Å². The molecule has 0 aromatic heterocycles. The molecule has 1 fully saturated rings. The number of hydrogen-bond acceptors (Lipinski definition) is 2. The highest BCUT2D eigenvalue weighted by Gasteiger charge is 2.25. The van der Waals surface area contributed by atoms with Crippen molar-refractivity contribution in [2.45, 2.75) is 52.0 Å². The first-order valence-corrected chi connectivity index (χ1v) is 7.88. The standard InChI is InChI=1S/C18H27NO/c1-14-8-4-6-10-16(14)18(20)12-13-19(3)17-11-7-5-9-15(17)2/h4,6,8,10,15,17H,5,7,9,11-13H2,1-3H3. The molecule has 2 unspecified atom stereocenters. The van der Waals surface area contributed by atoms with Crippen LogP contribution in [0.15, 0.2) is 24.3 Å². The predicted octanol–water partition coefficient (Wildman–Crippen LogP) is 4.08. The maximum absolute atomic E-state index is 12.3. The minimum absolute atomic E-state index is 0.276. The summed E-state index contributed by atoms with van der Waals surface area (Å²) in [4.78, 5) is 14.7. The van der Waals surface area contributed by atoms with Crippen molar-refractivity contribution in [2.24, 2.45) is 5.92 Å². The molecule has 110 valence electrons. The third kappa shape index (κ3) is 3.69. The molecule has 0 heterocycles.